The lowest BCUT2D eigenvalue weighted by Gasteiger charge is -2.30. The van der Waals surface area contributed by atoms with Crippen LogP contribution in [0.25, 0.3) is 0 Å². The molecule has 3 N–H and O–H groups in total. The van der Waals surface area contributed by atoms with Gasteiger partial charge in [0.1, 0.15) is 18.3 Å². The van der Waals surface area contributed by atoms with Crippen molar-refractivity contribution in [3.05, 3.63) is 11.8 Å². The Balaban J connectivity index is 2.88. The molecule has 0 fully saturated rings. The molecule has 0 saturated carbocycles. The molecule has 0 saturated heterocycles. The van der Waals surface area contributed by atoms with Crippen LogP contribution >= 0.6 is 0 Å². The summed E-state index contributed by atoms with van der Waals surface area (Å²) in [6.07, 6.45) is -3.14. The van der Waals surface area contributed by atoms with E-state index in [-0.39, 0.29) is 0 Å². The molecule has 0 amide bonds. The lowest BCUT2D eigenvalue weighted by molar-refractivity contribution is -0.141. The number of carboxylic acids is 1. The second-order valence-corrected chi connectivity index (χ2v) is 4.19. The molecule has 0 aromatic carbocycles. The minimum absolute atomic E-state index is 0.504. The molecule has 8 nitrogen and oxygen atoms in total. The van der Waals surface area contributed by atoms with E-state index >= 15 is 0 Å². The Bertz CT molecular complexity index is 410. The van der Waals surface area contributed by atoms with Gasteiger partial charge in [0.2, 0.25) is 5.76 Å². The van der Waals surface area contributed by atoms with Gasteiger partial charge in [0.15, 0.2) is 0 Å². The molecule has 1 unspecified atom stereocenters. The topological polar surface area (TPSA) is 130 Å². The molecule has 3 atom stereocenters. The maximum absolute atomic E-state index is 10.5. The summed E-state index contributed by atoms with van der Waals surface area (Å²) >= 11 is 0. The van der Waals surface area contributed by atoms with Gasteiger partial charge in [-0.3, -0.25) is 4.55 Å². The second-order valence-electron chi connectivity index (χ2n) is 3.14. The number of hydrogen-bond donors (Lipinski definition) is 3. The third-order valence-corrected chi connectivity index (χ3v) is 2.34. The molecule has 16 heavy (non-hydrogen) atoms. The summed E-state index contributed by atoms with van der Waals surface area (Å²) in [7, 11) is -4.74. The molecule has 0 aromatic rings. The molecule has 0 aromatic heterocycles. The average molecular weight is 254 g/mol. The minimum Gasteiger partial charge on any atom is -0.481 e. The summed E-state index contributed by atoms with van der Waals surface area (Å²) in [5.41, 5.74) is 0. The van der Waals surface area contributed by atoms with Gasteiger partial charge < -0.3 is 14.9 Å². The van der Waals surface area contributed by atoms with E-state index in [1.54, 1.807) is 0 Å². The van der Waals surface area contributed by atoms with Crippen LogP contribution in [-0.4, -0.2) is 47.5 Å². The number of aliphatic carboxylic acids is 1. The number of aliphatic hydroxyl groups excluding tert-OH is 1. The Morgan fingerprint density at radius 1 is 1.56 bits per heavy atom. The first-order valence-corrected chi connectivity index (χ1v) is 5.53. The highest BCUT2D eigenvalue weighted by Gasteiger charge is 2.36. The molecule has 1 rings (SSSR count). The highest BCUT2D eigenvalue weighted by Crippen LogP contribution is 2.21. The van der Waals surface area contributed by atoms with Gasteiger partial charge in [0.05, 0.1) is 0 Å². The maximum Gasteiger partial charge on any atom is 0.397 e. The average Bonchev–Trinajstić information content (AvgIpc) is 2.09. The summed E-state index contributed by atoms with van der Waals surface area (Å²) in [6.45, 7) is 1.30. The fourth-order valence-electron chi connectivity index (χ4n) is 1.23. The lowest BCUT2D eigenvalue weighted by Crippen LogP contribution is -2.44. The Morgan fingerprint density at radius 2 is 2.12 bits per heavy atom. The van der Waals surface area contributed by atoms with Crippen LogP contribution in [0.4, 0.5) is 0 Å². The van der Waals surface area contributed by atoms with E-state index < -0.39 is 40.4 Å². The quantitative estimate of drug-likeness (QED) is 0.542. The van der Waals surface area contributed by atoms with E-state index in [4.69, 9.17) is 14.4 Å². The van der Waals surface area contributed by atoms with Gasteiger partial charge in [-0.15, -0.1) is 0 Å². The van der Waals surface area contributed by atoms with Gasteiger partial charge in [-0.05, 0) is 13.0 Å². The van der Waals surface area contributed by atoms with Gasteiger partial charge in [-0.1, -0.05) is 0 Å². The first-order valence-electron chi connectivity index (χ1n) is 4.16. The summed E-state index contributed by atoms with van der Waals surface area (Å²) < 4.78 is 38.2. The largest absolute Gasteiger partial charge is 0.481 e. The van der Waals surface area contributed by atoms with Gasteiger partial charge in [-0.2, -0.15) is 8.42 Å². The predicted molar refractivity (Wildman–Crippen MR) is 48.7 cm³/mol. The van der Waals surface area contributed by atoms with Crippen molar-refractivity contribution in [1.82, 2.24) is 0 Å². The van der Waals surface area contributed by atoms with Crippen molar-refractivity contribution in [3.8, 4) is 0 Å². The van der Waals surface area contributed by atoms with Gasteiger partial charge in [0.25, 0.3) is 0 Å². The van der Waals surface area contributed by atoms with Crippen molar-refractivity contribution < 1.29 is 36.9 Å². The van der Waals surface area contributed by atoms with Crippen LogP contribution < -0.4 is 0 Å². The van der Waals surface area contributed by atoms with Crippen molar-refractivity contribution in [3.63, 3.8) is 0 Å². The van der Waals surface area contributed by atoms with E-state index in [0.717, 1.165) is 6.08 Å². The molecular formula is C7H10O8S. The minimum atomic E-state index is -4.74. The van der Waals surface area contributed by atoms with Crippen LogP contribution in [0.2, 0.25) is 0 Å². The molecule has 9 heteroatoms. The monoisotopic (exact) mass is 254 g/mol. The molecule has 0 bridgehead atoms. The summed E-state index contributed by atoms with van der Waals surface area (Å²) in [5.74, 6) is -1.90. The molecular weight excluding hydrogens is 244 g/mol. The van der Waals surface area contributed by atoms with E-state index in [2.05, 4.69) is 4.18 Å². The maximum atomic E-state index is 10.5. The van der Waals surface area contributed by atoms with Crippen LogP contribution in [-0.2, 0) is 24.1 Å². The molecule has 92 valence electrons. The summed E-state index contributed by atoms with van der Waals surface area (Å²) in [4.78, 5) is 10.5. The molecule has 0 radical (unpaired) electrons. The summed E-state index contributed by atoms with van der Waals surface area (Å²) in [6, 6.07) is 0. The molecule has 1 aliphatic heterocycles. The molecule has 0 aliphatic carbocycles. The highest BCUT2D eigenvalue weighted by molar-refractivity contribution is 7.80. The summed E-state index contributed by atoms with van der Waals surface area (Å²) in [5, 5.41) is 18.0. The lowest BCUT2D eigenvalue weighted by atomic mass is 10.1. The van der Waals surface area contributed by atoms with E-state index in [1.807, 2.05) is 0 Å². The fourth-order valence-corrected chi connectivity index (χ4v) is 1.78. The fraction of sp³-hybridized carbons (Fsp3) is 0.571. The normalized spacial score (nSPS) is 30.4. The third kappa shape index (κ3) is 3.17. The Morgan fingerprint density at radius 3 is 2.50 bits per heavy atom. The number of aliphatic hydroxyl groups is 1. The SMILES string of the molecule is C[C@@H]1OC(C(=O)O)=C[C@@H](O)C1OS(=O)(=O)O. The van der Waals surface area contributed by atoms with E-state index in [1.165, 1.54) is 6.92 Å². The number of carbonyl (C=O) groups is 1. The van der Waals surface area contributed by atoms with Gasteiger partial charge in [0, 0.05) is 0 Å². The second kappa shape index (κ2) is 4.37. The number of rotatable bonds is 3. The van der Waals surface area contributed by atoms with Gasteiger partial charge >= 0.3 is 16.4 Å². The zero-order chi connectivity index (χ0) is 12.5. The smallest absolute Gasteiger partial charge is 0.397 e. The van der Waals surface area contributed by atoms with Gasteiger partial charge in [-0.25, -0.2) is 8.98 Å². The van der Waals surface area contributed by atoms with Crippen molar-refractivity contribution in [2.45, 2.75) is 25.2 Å². The molecule has 1 heterocycles. The number of ether oxygens (including phenoxy) is 1. The highest BCUT2D eigenvalue weighted by atomic mass is 32.3. The Kier molecular flexibility index (Phi) is 3.53. The van der Waals surface area contributed by atoms with E-state index in [0.29, 0.717) is 0 Å². The van der Waals surface area contributed by atoms with Crippen molar-refractivity contribution in [2.75, 3.05) is 0 Å². The van der Waals surface area contributed by atoms with Crippen LogP contribution in [0.3, 0.4) is 0 Å². The number of carboxylic acid groups (broad SMARTS) is 1. The van der Waals surface area contributed by atoms with Crippen molar-refractivity contribution in [1.29, 1.82) is 0 Å². The first-order chi connectivity index (χ1) is 7.20. The zero-order valence-corrected chi connectivity index (χ0v) is 8.92. The first kappa shape index (κ1) is 12.9. The Hall–Kier alpha value is -1.16. The van der Waals surface area contributed by atoms with Crippen molar-refractivity contribution >= 4 is 16.4 Å². The zero-order valence-electron chi connectivity index (χ0n) is 8.10. The van der Waals surface area contributed by atoms with Crippen molar-refractivity contribution in [2.24, 2.45) is 0 Å². The van der Waals surface area contributed by atoms with Crippen LogP contribution in [0.1, 0.15) is 6.92 Å². The molecule has 1 aliphatic rings. The van der Waals surface area contributed by atoms with Crippen LogP contribution in [0.5, 0.6) is 0 Å². The standard InChI is InChI=1S/C7H10O8S/c1-3-6(15-16(11,12)13)4(8)2-5(14-3)7(9)10/h2-4,6,8H,1H3,(H,9,10)(H,11,12,13)/t3-,4+,6?/m0/s1. The van der Waals surface area contributed by atoms with Crippen LogP contribution in [0, 0.1) is 0 Å². The Labute approximate surface area is 91.0 Å². The predicted octanol–water partition coefficient (Wildman–Crippen LogP) is -1.08. The van der Waals surface area contributed by atoms with Crippen LogP contribution in [0.15, 0.2) is 11.8 Å². The third-order valence-electron chi connectivity index (χ3n) is 1.88. The molecule has 0 spiro atoms. The van der Waals surface area contributed by atoms with E-state index in [9.17, 15) is 18.3 Å². The number of hydrogen-bond acceptors (Lipinski definition) is 6.